The highest BCUT2D eigenvalue weighted by Gasteiger charge is 2.49. The molecule has 0 radical (unpaired) electrons. The summed E-state index contributed by atoms with van der Waals surface area (Å²) in [7, 11) is 0. The molecule has 2 heterocycles. The largest absolute Gasteiger partial charge is 0.508 e. The van der Waals surface area contributed by atoms with Gasteiger partial charge in [0.05, 0.1) is 6.10 Å². The monoisotopic (exact) mass is 740 g/mol. The third-order valence-corrected chi connectivity index (χ3v) is 8.25. The highest BCUT2D eigenvalue weighted by molar-refractivity contribution is 5.89. The fourth-order valence-electron chi connectivity index (χ4n) is 5.58. The van der Waals surface area contributed by atoms with Crippen LogP contribution in [0.4, 0.5) is 0 Å². The van der Waals surface area contributed by atoms with Crippen LogP contribution in [-0.4, -0.2) is 78.4 Å². The Hall–Kier alpha value is -6.97. The molecule has 1 saturated heterocycles. The molecular formula is C39H32O15. The molecule has 0 spiro atoms. The minimum absolute atomic E-state index is 0.00313. The number of phenols is 6. The van der Waals surface area contributed by atoms with E-state index in [0.717, 1.165) is 36.4 Å². The molecule has 0 aliphatic carbocycles. The fraction of sp³-hybridized carbons (Fsp3) is 0.154. The first-order valence-corrected chi connectivity index (χ1v) is 16.2. The summed E-state index contributed by atoms with van der Waals surface area (Å²) in [4.78, 5) is 40.0. The molecule has 278 valence electrons. The zero-order valence-electron chi connectivity index (χ0n) is 28.1. The number of fused-ring (bicyclic) bond motifs is 1. The van der Waals surface area contributed by atoms with Crippen LogP contribution < -0.4 is 10.2 Å². The number of carbonyl (C=O) groups excluding carboxylic acids is 2. The van der Waals surface area contributed by atoms with Crippen LogP contribution in [0.25, 0.3) is 34.4 Å². The second-order valence-electron chi connectivity index (χ2n) is 12.1. The van der Waals surface area contributed by atoms with Crippen LogP contribution in [0, 0.1) is 0 Å². The number of ether oxygens (including phenoxy) is 4. The van der Waals surface area contributed by atoms with E-state index in [1.165, 1.54) is 61.5 Å². The van der Waals surface area contributed by atoms with Gasteiger partial charge in [0.25, 0.3) is 0 Å². The van der Waals surface area contributed by atoms with Gasteiger partial charge in [-0.15, -0.1) is 0 Å². The van der Waals surface area contributed by atoms with Crippen molar-refractivity contribution >= 4 is 35.1 Å². The van der Waals surface area contributed by atoms with E-state index in [9.17, 15) is 50.1 Å². The van der Waals surface area contributed by atoms with Crippen molar-refractivity contribution in [3.63, 3.8) is 0 Å². The minimum atomic E-state index is -1.96. The first kappa shape index (κ1) is 36.8. The number of benzene rings is 4. The Bertz CT molecular complexity index is 2310. The molecule has 5 atom stereocenters. The quantitative estimate of drug-likeness (QED) is 0.0628. The summed E-state index contributed by atoms with van der Waals surface area (Å²) in [6.45, 7) is 1.42. The van der Waals surface area contributed by atoms with Crippen LogP contribution in [0.15, 0.2) is 100 Å². The molecule has 6 rings (SSSR count). The van der Waals surface area contributed by atoms with Crippen LogP contribution in [-0.2, 0) is 23.8 Å². The molecule has 7 N–H and O–H groups in total. The Balaban J connectivity index is 1.35. The maximum atomic E-state index is 13.9. The van der Waals surface area contributed by atoms with E-state index in [4.69, 9.17) is 23.4 Å². The van der Waals surface area contributed by atoms with E-state index >= 15 is 0 Å². The maximum absolute atomic E-state index is 13.9. The number of esters is 2. The summed E-state index contributed by atoms with van der Waals surface area (Å²) >= 11 is 0. The minimum Gasteiger partial charge on any atom is -0.508 e. The number of hydrogen-bond donors (Lipinski definition) is 7. The van der Waals surface area contributed by atoms with Gasteiger partial charge in [0.15, 0.2) is 35.6 Å². The Labute approximate surface area is 305 Å². The summed E-state index contributed by atoms with van der Waals surface area (Å²) in [5, 5.41) is 71.0. The van der Waals surface area contributed by atoms with Gasteiger partial charge in [-0.25, -0.2) is 9.59 Å². The first-order valence-electron chi connectivity index (χ1n) is 16.2. The van der Waals surface area contributed by atoms with E-state index in [0.29, 0.717) is 11.1 Å². The van der Waals surface area contributed by atoms with Crippen molar-refractivity contribution in [1.29, 1.82) is 0 Å². The van der Waals surface area contributed by atoms with E-state index in [-0.39, 0.29) is 28.4 Å². The molecule has 1 aliphatic heterocycles. The Morgan fingerprint density at radius 2 is 1.26 bits per heavy atom. The lowest BCUT2D eigenvalue weighted by atomic mass is 9.99. The number of aromatic hydroxyl groups is 6. The highest BCUT2D eigenvalue weighted by Crippen LogP contribution is 2.39. The molecule has 0 saturated carbocycles. The average molecular weight is 741 g/mol. The van der Waals surface area contributed by atoms with Crippen LogP contribution in [0.1, 0.15) is 18.1 Å². The predicted octanol–water partition coefficient (Wildman–Crippen LogP) is 4.43. The third-order valence-electron chi connectivity index (χ3n) is 8.25. The van der Waals surface area contributed by atoms with Crippen molar-refractivity contribution in [3.8, 4) is 51.6 Å². The van der Waals surface area contributed by atoms with Crippen molar-refractivity contribution in [3.05, 3.63) is 112 Å². The van der Waals surface area contributed by atoms with E-state index in [2.05, 4.69) is 0 Å². The molecule has 0 bridgehead atoms. The van der Waals surface area contributed by atoms with Crippen molar-refractivity contribution < 1.29 is 68.7 Å². The van der Waals surface area contributed by atoms with Crippen LogP contribution in [0.3, 0.4) is 0 Å². The van der Waals surface area contributed by atoms with Gasteiger partial charge < -0.3 is 59.1 Å². The molecule has 1 fully saturated rings. The molecular weight excluding hydrogens is 708 g/mol. The van der Waals surface area contributed by atoms with Gasteiger partial charge in [0, 0.05) is 29.8 Å². The molecule has 54 heavy (non-hydrogen) atoms. The summed E-state index contributed by atoms with van der Waals surface area (Å²) in [5.41, 5.74) is -0.248. The van der Waals surface area contributed by atoms with Crippen molar-refractivity contribution in [2.24, 2.45) is 0 Å². The highest BCUT2D eigenvalue weighted by atomic mass is 16.7. The summed E-state index contributed by atoms with van der Waals surface area (Å²) < 4.78 is 28.9. The number of hydrogen-bond acceptors (Lipinski definition) is 15. The molecule has 1 aliphatic rings. The number of carbonyl (C=O) groups is 2. The van der Waals surface area contributed by atoms with Gasteiger partial charge in [-0.3, -0.25) is 4.79 Å². The lowest BCUT2D eigenvalue weighted by molar-refractivity contribution is -0.275. The normalized spacial score (nSPS) is 19.9. The Morgan fingerprint density at radius 3 is 1.83 bits per heavy atom. The fourth-order valence-corrected chi connectivity index (χ4v) is 5.58. The van der Waals surface area contributed by atoms with Crippen LogP contribution >= 0.6 is 0 Å². The number of aliphatic hydroxyl groups excluding tert-OH is 1. The van der Waals surface area contributed by atoms with Gasteiger partial charge in [-0.05, 0) is 72.7 Å². The SMILES string of the molecule is C[C@@H]1O[C@@H](Oc2c(-c3ccc(O)c(O)c3)oc3cc(O)cc(O)c3c2=O)[C@H](O)[C@H](OC(=O)/C=C\c2ccc(O)cc2)[C@H]1OC(=O)/C=C/c1ccc(O)cc1. The summed E-state index contributed by atoms with van der Waals surface area (Å²) in [5.74, 6) is -5.15. The Morgan fingerprint density at radius 1 is 0.685 bits per heavy atom. The van der Waals surface area contributed by atoms with Crippen molar-refractivity contribution in [1.82, 2.24) is 0 Å². The number of aliphatic hydroxyl groups is 1. The van der Waals surface area contributed by atoms with Gasteiger partial charge in [0.2, 0.25) is 17.5 Å². The second kappa shape index (κ2) is 15.3. The third kappa shape index (κ3) is 8.07. The second-order valence-corrected chi connectivity index (χ2v) is 12.1. The summed E-state index contributed by atoms with van der Waals surface area (Å²) in [6.07, 6.45) is -3.22. The van der Waals surface area contributed by atoms with E-state index < -0.39 is 82.2 Å². The van der Waals surface area contributed by atoms with Crippen LogP contribution in [0.2, 0.25) is 0 Å². The maximum Gasteiger partial charge on any atom is 0.331 e. The molecule has 1 aromatic heterocycles. The molecule has 15 nitrogen and oxygen atoms in total. The average Bonchev–Trinajstić information content (AvgIpc) is 3.13. The first-order chi connectivity index (χ1) is 25.8. The van der Waals surface area contributed by atoms with Crippen molar-refractivity contribution in [2.75, 3.05) is 0 Å². The molecule has 5 aromatic rings. The van der Waals surface area contributed by atoms with E-state index in [1.807, 2.05) is 0 Å². The standard InChI is InChI=1S/C39H32O15/c1-19-35(52-30(46)14-6-20-2-9-23(40)10-3-20)38(53-31(47)15-7-21-4-11-24(41)12-5-21)34(49)39(50-19)54-37-33(48)32-28(45)17-25(42)18-29(32)51-36(37)22-8-13-26(43)27(44)16-22/h2-19,34-35,38-45,49H,1H3/b14-6+,15-7-/t19-,34+,35-,38-,39-/m0/s1. The zero-order valence-corrected chi connectivity index (χ0v) is 28.1. The zero-order chi connectivity index (χ0) is 38.7. The van der Waals surface area contributed by atoms with Crippen LogP contribution in [0.5, 0.6) is 40.2 Å². The Kier molecular flexibility index (Phi) is 10.4. The lowest BCUT2D eigenvalue weighted by Gasteiger charge is -2.41. The van der Waals surface area contributed by atoms with E-state index in [1.54, 1.807) is 12.1 Å². The van der Waals surface area contributed by atoms with Gasteiger partial charge in [-0.2, -0.15) is 0 Å². The number of rotatable bonds is 9. The van der Waals surface area contributed by atoms with Crippen molar-refractivity contribution in [2.45, 2.75) is 37.6 Å². The molecule has 4 aromatic carbocycles. The topological polar surface area (TPSA) is 243 Å². The lowest BCUT2D eigenvalue weighted by Crippen LogP contribution is -2.61. The van der Waals surface area contributed by atoms with Gasteiger partial charge in [0.1, 0.15) is 34.0 Å². The molecule has 15 heteroatoms. The number of phenolic OH excluding ortho intramolecular Hbond substituents is 6. The van der Waals surface area contributed by atoms with Gasteiger partial charge >= 0.3 is 11.9 Å². The predicted molar refractivity (Wildman–Crippen MR) is 190 cm³/mol. The smallest absolute Gasteiger partial charge is 0.331 e. The summed E-state index contributed by atoms with van der Waals surface area (Å²) in [6, 6.07) is 17.1. The molecule has 0 unspecified atom stereocenters. The molecule has 0 amide bonds. The van der Waals surface area contributed by atoms with Gasteiger partial charge in [-0.1, -0.05) is 24.3 Å².